The number of nitrogens with zero attached hydrogens (tertiary/aromatic N) is 1. The molecule has 0 amide bonds. The lowest BCUT2D eigenvalue weighted by molar-refractivity contribution is 1.08. The van der Waals surface area contributed by atoms with Gasteiger partial charge in [-0.3, -0.25) is 9.78 Å². The summed E-state index contributed by atoms with van der Waals surface area (Å²) in [4.78, 5) is 16.5. The fourth-order valence-corrected chi connectivity index (χ4v) is 0.443. The topological polar surface area (TPSA) is 45.8 Å². The Bertz CT molecular complexity index is 294. The molecule has 1 heterocycles. The van der Waals surface area contributed by atoms with Gasteiger partial charge < -0.3 is 0 Å². The normalized spacial score (nSPS) is 8.33. The average molecular weight is 120 g/mol. The van der Waals surface area contributed by atoms with Gasteiger partial charge in [-0.2, -0.15) is 0 Å². The van der Waals surface area contributed by atoms with E-state index >= 15 is 0 Å². The van der Waals surface area contributed by atoms with Gasteiger partial charge in [-0.05, 0) is 5.92 Å². The van der Waals surface area contributed by atoms with Crippen molar-refractivity contribution in [1.29, 1.82) is 0 Å². The van der Waals surface area contributed by atoms with E-state index in [0.29, 0.717) is 0 Å². The second-order valence-electron chi connectivity index (χ2n) is 1.43. The van der Waals surface area contributed by atoms with Crippen LogP contribution in [0.2, 0.25) is 0 Å². The Hall–Kier alpha value is -1.56. The Morgan fingerprint density at radius 2 is 2.56 bits per heavy atom. The average Bonchev–Trinajstić information content (AvgIpc) is 1.88. The number of nitrogens with one attached hydrogen (secondary N) is 1. The van der Waals surface area contributed by atoms with E-state index in [1.165, 1.54) is 12.3 Å². The molecular formula is C6H4N2O. The smallest absolute Gasteiger partial charge is 0.251 e. The van der Waals surface area contributed by atoms with E-state index in [0.717, 1.165) is 0 Å². The van der Waals surface area contributed by atoms with Gasteiger partial charge in [0, 0.05) is 12.3 Å². The van der Waals surface area contributed by atoms with E-state index in [4.69, 9.17) is 6.42 Å². The third-order valence-electron chi connectivity index (χ3n) is 0.808. The van der Waals surface area contributed by atoms with Crippen molar-refractivity contribution in [2.45, 2.75) is 0 Å². The highest BCUT2D eigenvalue weighted by molar-refractivity contribution is 5.13. The highest BCUT2D eigenvalue weighted by atomic mass is 16.1. The van der Waals surface area contributed by atoms with Gasteiger partial charge in [0.1, 0.15) is 0 Å². The van der Waals surface area contributed by atoms with Crippen LogP contribution in [0.3, 0.4) is 0 Å². The van der Waals surface area contributed by atoms with E-state index in [1.54, 1.807) is 0 Å². The van der Waals surface area contributed by atoms with Gasteiger partial charge in [0.15, 0.2) is 5.82 Å². The lowest BCUT2D eigenvalue weighted by Crippen LogP contribution is -2.05. The summed E-state index contributed by atoms with van der Waals surface area (Å²) in [7, 11) is 0. The van der Waals surface area contributed by atoms with Gasteiger partial charge in [-0.25, -0.2) is 4.98 Å². The van der Waals surface area contributed by atoms with Crippen LogP contribution in [-0.2, 0) is 0 Å². The van der Waals surface area contributed by atoms with Crippen LogP contribution in [-0.4, -0.2) is 9.97 Å². The quantitative estimate of drug-likeness (QED) is 0.480. The molecule has 3 heteroatoms. The molecule has 0 fully saturated rings. The molecule has 0 saturated heterocycles. The molecule has 0 radical (unpaired) electrons. The summed E-state index contributed by atoms with van der Waals surface area (Å²) < 4.78 is 0. The molecule has 44 valence electrons. The zero-order valence-corrected chi connectivity index (χ0v) is 4.59. The highest BCUT2D eigenvalue weighted by Gasteiger charge is 1.84. The molecule has 0 unspecified atom stereocenters. The van der Waals surface area contributed by atoms with Crippen LogP contribution in [0.5, 0.6) is 0 Å². The first-order chi connectivity index (χ1) is 4.33. The van der Waals surface area contributed by atoms with Crippen LogP contribution in [0.4, 0.5) is 0 Å². The van der Waals surface area contributed by atoms with Crippen molar-refractivity contribution in [2.75, 3.05) is 0 Å². The molecule has 1 rings (SSSR count). The molecule has 1 aromatic rings. The zero-order chi connectivity index (χ0) is 6.69. The maximum atomic E-state index is 10.5. The first kappa shape index (κ1) is 5.57. The summed E-state index contributed by atoms with van der Waals surface area (Å²) in [5, 5.41) is 0. The number of hydrogen-bond acceptors (Lipinski definition) is 2. The Morgan fingerprint density at radius 3 is 3.00 bits per heavy atom. The van der Waals surface area contributed by atoms with Crippen molar-refractivity contribution in [3.63, 3.8) is 0 Å². The standard InChI is InChI=1S/C6H4N2O/c1-2-5-7-4-3-6(9)8-5/h1,3-4H,(H,7,8,9). The Morgan fingerprint density at radius 1 is 1.78 bits per heavy atom. The van der Waals surface area contributed by atoms with Gasteiger partial charge in [0.2, 0.25) is 0 Å². The molecule has 3 nitrogen and oxygen atoms in total. The van der Waals surface area contributed by atoms with Gasteiger partial charge in [0.05, 0.1) is 0 Å². The first-order valence-electron chi connectivity index (χ1n) is 2.35. The van der Waals surface area contributed by atoms with Crippen LogP contribution in [0.1, 0.15) is 5.82 Å². The van der Waals surface area contributed by atoms with E-state index < -0.39 is 0 Å². The monoisotopic (exact) mass is 120 g/mol. The minimum absolute atomic E-state index is 0.224. The van der Waals surface area contributed by atoms with Crippen molar-refractivity contribution >= 4 is 0 Å². The summed E-state index contributed by atoms with van der Waals surface area (Å²) in [6, 6.07) is 1.31. The minimum Gasteiger partial charge on any atom is -0.300 e. The second kappa shape index (κ2) is 2.14. The summed E-state index contributed by atoms with van der Waals surface area (Å²) in [6.45, 7) is 0. The van der Waals surface area contributed by atoms with Crippen molar-refractivity contribution in [2.24, 2.45) is 0 Å². The number of aromatic nitrogens is 2. The fourth-order valence-electron chi connectivity index (χ4n) is 0.443. The molecule has 1 aromatic heterocycles. The summed E-state index contributed by atoms with van der Waals surface area (Å²) in [5.41, 5.74) is -0.224. The molecule has 0 saturated carbocycles. The van der Waals surface area contributed by atoms with Crippen LogP contribution >= 0.6 is 0 Å². The summed E-state index contributed by atoms with van der Waals surface area (Å²) in [5.74, 6) is 2.47. The van der Waals surface area contributed by atoms with Crippen molar-refractivity contribution in [3.8, 4) is 12.3 Å². The Kier molecular flexibility index (Phi) is 1.32. The van der Waals surface area contributed by atoms with Crippen molar-refractivity contribution < 1.29 is 0 Å². The number of rotatable bonds is 0. The maximum Gasteiger partial charge on any atom is 0.251 e. The number of H-pyrrole nitrogens is 1. The molecule has 0 bridgehead atoms. The van der Waals surface area contributed by atoms with Crippen molar-refractivity contribution in [3.05, 3.63) is 28.4 Å². The second-order valence-corrected chi connectivity index (χ2v) is 1.43. The predicted molar refractivity (Wildman–Crippen MR) is 32.8 cm³/mol. The van der Waals surface area contributed by atoms with Crippen LogP contribution in [0.25, 0.3) is 0 Å². The van der Waals surface area contributed by atoms with Gasteiger partial charge >= 0.3 is 0 Å². The van der Waals surface area contributed by atoms with Crippen LogP contribution in [0, 0.1) is 12.3 Å². The Labute approximate surface area is 51.8 Å². The molecule has 9 heavy (non-hydrogen) atoms. The third kappa shape index (κ3) is 1.16. The molecule has 0 aliphatic carbocycles. The number of terminal acetylenes is 1. The number of hydrogen-bond donors (Lipinski definition) is 1. The molecule has 0 spiro atoms. The van der Waals surface area contributed by atoms with E-state index in [2.05, 4.69) is 15.9 Å². The van der Waals surface area contributed by atoms with E-state index in [9.17, 15) is 4.79 Å². The summed E-state index contributed by atoms with van der Waals surface area (Å²) in [6.07, 6.45) is 6.31. The molecular weight excluding hydrogens is 116 g/mol. The molecule has 0 aromatic carbocycles. The highest BCUT2D eigenvalue weighted by Crippen LogP contribution is 1.74. The molecule has 0 aliphatic heterocycles. The molecule has 1 N–H and O–H groups in total. The zero-order valence-electron chi connectivity index (χ0n) is 4.59. The van der Waals surface area contributed by atoms with Crippen LogP contribution in [0.15, 0.2) is 17.1 Å². The number of aromatic amines is 1. The maximum absolute atomic E-state index is 10.5. The Balaban J connectivity index is 3.28. The van der Waals surface area contributed by atoms with Crippen LogP contribution < -0.4 is 5.56 Å². The largest absolute Gasteiger partial charge is 0.300 e. The minimum atomic E-state index is -0.224. The lowest BCUT2D eigenvalue weighted by Gasteiger charge is -1.83. The SMILES string of the molecule is C#Cc1nccc(=O)[nH]1. The van der Waals surface area contributed by atoms with Gasteiger partial charge in [-0.15, -0.1) is 6.42 Å². The van der Waals surface area contributed by atoms with Crippen molar-refractivity contribution in [1.82, 2.24) is 9.97 Å². The lowest BCUT2D eigenvalue weighted by atomic mass is 10.6. The third-order valence-corrected chi connectivity index (χ3v) is 0.808. The summed E-state index contributed by atoms with van der Waals surface area (Å²) >= 11 is 0. The predicted octanol–water partition coefficient (Wildman–Crippen LogP) is -0.249. The van der Waals surface area contributed by atoms with Gasteiger partial charge in [-0.1, -0.05) is 0 Å². The molecule has 0 atom stereocenters. The fraction of sp³-hybridized carbons (Fsp3) is 0. The first-order valence-corrected chi connectivity index (χ1v) is 2.35. The van der Waals surface area contributed by atoms with E-state index in [1.807, 2.05) is 0 Å². The van der Waals surface area contributed by atoms with E-state index in [-0.39, 0.29) is 11.4 Å². The van der Waals surface area contributed by atoms with Gasteiger partial charge in [0.25, 0.3) is 5.56 Å². The molecule has 0 aliphatic rings.